The van der Waals surface area contributed by atoms with Crippen molar-refractivity contribution >= 4 is 5.97 Å². The van der Waals surface area contributed by atoms with Gasteiger partial charge in [-0.25, -0.2) is 9.78 Å². The predicted octanol–water partition coefficient (Wildman–Crippen LogP) is 2.46. The first kappa shape index (κ1) is 11.1. The minimum Gasteiger partial charge on any atom is -0.505 e. The molecule has 0 amide bonds. The summed E-state index contributed by atoms with van der Waals surface area (Å²) in [5.41, 5.74) is 1.54. The summed E-state index contributed by atoms with van der Waals surface area (Å²) in [5, 5.41) is 18.6. The molecule has 0 aliphatic heterocycles. The third-order valence-electron chi connectivity index (χ3n) is 2.47. The molecule has 1 aromatic heterocycles. The molecule has 0 bridgehead atoms. The summed E-state index contributed by atoms with van der Waals surface area (Å²) in [6.07, 6.45) is 0. The second kappa shape index (κ2) is 4.25. The molecule has 86 valence electrons. The van der Waals surface area contributed by atoms with E-state index in [-0.39, 0.29) is 11.3 Å². The average molecular weight is 229 g/mol. The van der Waals surface area contributed by atoms with Crippen molar-refractivity contribution < 1.29 is 15.0 Å². The van der Waals surface area contributed by atoms with Gasteiger partial charge in [0.1, 0.15) is 5.56 Å². The lowest BCUT2D eigenvalue weighted by Gasteiger charge is -2.07. The molecule has 4 nitrogen and oxygen atoms in total. The molecule has 17 heavy (non-hydrogen) atoms. The summed E-state index contributed by atoms with van der Waals surface area (Å²) in [5.74, 6) is -1.44. The fourth-order valence-electron chi connectivity index (χ4n) is 1.59. The van der Waals surface area contributed by atoms with Gasteiger partial charge in [-0.05, 0) is 13.0 Å². The van der Waals surface area contributed by atoms with Crippen molar-refractivity contribution in [3.63, 3.8) is 0 Å². The van der Waals surface area contributed by atoms with Crippen LogP contribution in [0.15, 0.2) is 36.4 Å². The first-order chi connectivity index (χ1) is 8.09. The summed E-state index contributed by atoms with van der Waals surface area (Å²) in [6, 6.07) is 10.6. The summed E-state index contributed by atoms with van der Waals surface area (Å²) < 4.78 is 0. The zero-order valence-electron chi connectivity index (χ0n) is 9.21. The number of aromatic nitrogens is 1. The minimum absolute atomic E-state index is 0.128. The molecule has 4 heteroatoms. The molecule has 0 radical (unpaired) electrons. The third-order valence-corrected chi connectivity index (χ3v) is 2.47. The Labute approximate surface area is 98.2 Å². The molecule has 2 N–H and O–H groups in total. The Bertz CT molecular complexity index is 564. The zero-order valence-corrected chi connectivity index (χ0v) is 9.21. The summed E-state index contributed by atoms with van der Waals surface area (Å²) in [7, 11) is 0. The molecule has 0 atom stereocenters. The van der Waals surface area contributed by atoms with Gasteiger partial charge < -0.3 is 10.2 Å². The standard InChI is InChI=1S/C13H11NO3/c1-8-12(15)10(13(16)17)7-11(14-8)9-5-3-2-4-6-9/h2-7,15H,1H3,(H,16,17). The monoisotopic (exact) mass is 229 g/mol. The van der Waals surface area contributed by atoms with Gasteiger partial charge in [0.15, 0.2) is 5.75 Å². The van der Waals surface area contributed by atoms with Crippen LogP contribution in [0.5, 0.6) is 5.75 Å². The molecule has 0 aliphatic carbocycles. The second-order valence-corrected chi connectivity index (χ2v) is 3.66. The first-order valence-electron chi connectivity index (χ1n) is 5.09. The number of nitrogens with zero attached hydrogens (tertiary/aromatic N) is 1. The third kappa shape index (κ3) is 2.10. The quantitative estimate of drug-likeness (QED) is 0.829. The van der Waals surface area contributed by atoms with Crippen LogP contribution in [0.2, 0.25) is 0 Å². The first-order valence-corrected chi connectivity index (χ1v) is 5.09. The van der Waals surface area contributed by atoms with E-state index in [1.165, 1.54) is 6.07 Å². The van der Waals surface area contributed by atoms with Crippen LogP contribution < -0.4 is 0 Å². The fourth-order valence-corrected chi connectivity index (χ4v) is 1.59. The summed E-state index contributed by atoms with van der Waals surface area (Å²) in [6.45, 7) is 1.58. The average Bonchev–Trinajstić information content (AvgIpc) is 2.33. The van der Waals surface area contributed by atoms with Crippen LogP contribution in [0.1, 0.15) is 16.1 Å². The van der Waals surface area contributed by atoms with E-state index in [2.05, 4.69) is 4.98 Å². The Hall–Kier alpha value is -2.36. The summed E-state index contributed by atoms with van der Waals surface area (Å²) >= 11 is 0. The van der Waals surface area contributed by atoms with Crippen LogP contribution in [-0.4, -0.2) is 21.2 Å². The smallest absolute Gasteiger partial charge is 0.339 e. The van der Waals surface area contributed by atoms with E-state index >= 15 is 0 Å². The van der Waals surface area contributed by atoms with E-state index in [1.54, 1.807) is 6.92 Å². The van der Waals surface area contributed by atoms with Crippen molar-refractivity contribution in [3.8, 4) is 17.0 Å². The fraction of sp³-hybridized carbons (Fsp3) is 0.0769. The van der Waals surface area contributed by atoms with Crippen LogP contribution in [0.4, 0.5) is 0 Å². The maximum absolute atomic E-state index is 11.0. The number of carbonyl (C=O) groups is 1. The molecular formula is C13H11NO3. The molecule has 2 rings (SSSR count). The van der Waals surface area contributed by atoms with Crippen molar-refractivity contribution in [2.24, 2.45) is 0 Å². The van der Waals surface area contributed by atoms with E-state index in [4.69, 9.17) is 5.11 Å². The molecule has 0 fully saturated rings. The van der Waals surface area contributed by atoms with Crippen molar-refractivity contribution in [1.82, 2.24) is 4.98 Å². The second-order valence-electron chi connectivity index (χ2n) is 3.66. The Morgan fingerprint density at radius 1 is 1.24 bits per heavy atom. The Morgan fingerprint density at radius 3 is 2.47 bits per heavy atom. The molecule has 0 unspecified atom stereocenters. The minimum atomic E-state index is -1.16. The molecule has 0 saturated carbocycles. The van der Waals surface area contributed by atoms with Crippen molar-refractivity contribution in [2.45, 2.75) is 6.92 Å². The number of benzene rings is 1. The van der Waals surface area contributed by atoms with Crippen molar-refractivity contribution in [1.29, 1.82) is 0 Å². The van der Waals surface area contributed by atoms with Gasteiger partial charge in [-0.3, -0.25) is 0 Å². The van der Waals surface area contributed by atoms with E-state index < -0.39 is 5.97 Å². The number of aromatic hydroxyl groups is 1. The van der Waals surface area contributed by atoms with Crippen LogP contribution in [0, 0.1) is 6.92 Å². The Morgan fingerprint density at radius 2 is 1.88 bits per heavy atom. The lowest BCUT2D eigenvalue weighted by molar-refractivity contribution is 0.0693. The number of carboxylic acids is 1. The zero-order chi connectivity index (χ0) is 12.4. The van der Waals surface area contributed by atoms with Gasteiger partial charge in [-0.1, -0.05) is 30.3 Å². The Balaban J connectivity index is 2.61. The van der Waals surface area contributed by atoms with Crippen molar-refractivity contribution in [2.75, 3.05) is 0 Å². The lowest BCUT2D eigenvalue weighted by atomic mass is 10.1. The number of carboxylic acid groups (broad SMARTS) is 1. The van der Waals surface area contributed by atoms with Crippen molar-refractivity contribution in [3.05, 3.63) is 47.7 Å². The maximum atomic E-state index is 11.0. The number of rotatable bonds is 2. The molecule has 1 heterocycles. The molecule has 0 spiro atoms. The van der Waals surface area contributed by atoms with Crippen LogP contribution in [0.25, 0.3) is 11.3 Å². The summed E-state index contributed by atoms with van der Waals surface area (Å²) in [4.78, 5) is 15.1. The number of pyridine rings is 1. The molecule has 1 aromatic carbocycles. The van der Waals surface area contributed by atoms with Gasteiger partial charge in [-0.15, -0.1) is 0 Å². The van der Waals surface area contributed by atoms with Crippen LogP contribution >= 0.6 is 0 Å². The van der Waals surface area contributed by atoms with E-state index in [0.717, 1.165) is 5.56 Å². The molecular weight excluding hydrogens is 218 g/mol. The molecule has 2 aromatic rings. The molecule has 0 aliphatic rings. The highest BCUT2D eigenvalue weighted by Crippen LogP contribution is 2.26. The van der Waals surface area contributed by atoms with E-state index in [1.807, 2.05) is 30.3 Å². The highest BCUT2D eigenvalue weighted by Gasteiger charge is 2.15. The normalized spacial score (nSPS) is 10.2. The SMILES string of the molecule is Cc1nc(-c2ccccc2)cc(C(=O)O)c1O. The van der Waals surface area contributed by atoms with Gasteiger partial charge in [0.25, 0.3) is 0 Å². The predicted molar refractivity (Wildman–Crippen MR) is 63.0 cm³/mol. The van der Waals surface area contributed by atoms with Gasteiger partial charge in [0, 0.05) is 5.56 Å². The lowest BCUT2D eigenvalue weighted by Crippen LogP contribution is -2.01. The maximum Gasteiger partial charge on any atom is 0.339 e. The molecule has 0 saturated heterocycles. The van der Waals surface area contributed by atoms with Gasteiger partial charge in [0.05, 0.1) is 11.4 Å². The largest absolute Gasteiger partial charge is 0.505 e. The number of aryl methyl sites for hydroxylation is 1. The highest BCUT2D eigenvalue weighted by molar-refractivity contribution is 5.92. The topological polar surface area (TPSA) is 70.4 Å². The Kier molecular flexibility index (Phi) is 2.78. The van der Waals surface area contributed by atoms with Gasteiger partial charge in [0.2, 0.25) is 0 Å². The van der Waals surface area contributed by atoms with E-state index in [9.17, 15) is 9.90 Å². The van der Waals surface area contributed by atoms with E-state index in [0.29, 0.717) is 11.4 Å². The van der Waals surface area contributed by atoms with Crippen LogP contribution in [-0.2, 0) is 0 Å². The van der Waals surface area contributed by atoms with Gasteiger partial charge in [-0.2, -0.15) is 0 Å². The number of hydrogen-bond acceptors (Lipinski definition) is 3. The number of aromatic carboxylic acids is 1. The number of hydrogen-bond donors (Lipinski definition) is 2. The highest BCUT2D eigenvalue weighted by atomic mass is 16.4. The van der Waals surface area contributed by atoms with Crippen LogP contribution in [0.3, 0.4) is 0 Å². The van der Waals surface area contributed by atoms with Gasteiger partial charge >= 0.3 is 5.97 Å².